The van der Waals surface area contributed by atoms with Gasteiger partial charge in [-0.15, -0.1) is 11.8 Å². The normalized spacial score (nSPS) is 18.9. The van der Waals surface area contributed by atoms with Gasteiger partial charge in [0.1, 0.15) is 0 Å². The Morgan fingerprint density at radius 1 is 1.50 bits per heavy atom. The van der Waals surface area contributed by atoms with Gasteiger partial charge < -0.3 is 16.0 Å². The molecule has 0 saturated heterocycles. The Kier molecular flexibility index (Phi) is 4.14. The molecule has 0 aliphatic carbocycles. The maximum atomic E-state index is 12.2. The molecule has 2 rings (SSSR count). The lowest BCUT2D eigenvalue weighted by Gasteiger charge is -2.32. The second-order valence-corrected chi connectivity index (χ2v) is 5.71. The molecule has 0 bridgehead atoms. The number of benzene rings is 1. The molecule has 4 nitrogen and oxygen atoms in total. The number of anilines is 2. The third kappa shape index (κ3) is 2.62. The number of nitrogens with two attached hydrogens (primary N) is 1. The molecule has 18 heavy (non-hydrogen) atoms. The highest BCUT2D eigenvalue weighted by molar-refractivity contribution is 8.00. The molecule has 1 aromatic rings. The van der Waals surface area contributed by atoms with Crippen molar-refractivity contribution in [1.82, 2.24) is 5.32 Å². The molecule has 3 N–H and O–H groups in total. The molecular weight excluding hydrogens is 246 g/mol. The van der Waals surface area contributed by atoms with E-state index in [2.05, 4.69) is 12.2 Å². The average molecular weight is 265 g/mol. The maximum Gasteiger partial charge on any atom is 0.240 e. The first-order chi connectivity index (χ1) is 8.63. The fourth-order valence-electron chi connectivity index (χ4n) is 2.02. The average Bonchev–Trinajstić information content (AvgIpc) is 2.35. The van der Waals surface area contributed by atoms with E-state index >= 15 is 0 Å². The minimum absolute atomic E-state index is 0.0252. The van der Waals surface area contributed by atoms with Crippen molar-refractivity contribution >= 4 is 29.0 Å². The van der Waals surface area contributed by atoms with Crippen LogP contribution in [0.5, 0.6) is 0 Å². The molecule has 0 saturated carbocycles. The quantitative estimate of drug-likeness (QED) is 0.643. The van der Waals surface area contributed by atoms with Gasteiger partial charge in [-0.25, -0.2) is 0 Å². The monoisotopic (exact) mass is 265 g/mol. The van der Waals surface area contributed by atoms with Crippen LogP contribution in [-0.4, -0.2) is 30.8 Å². The van der Waals surface area contributed by atoms with Crippen LogP contribution in [-0.2, 0) is 4.79 Å². The van der Waals surface area contributed by atoms with Gasteiger partial charge in [0.25, 0.3) is 0 Å². The number of hydrogen-bond donors (Lipinski definition) is 2. The van der Waals surface area contributed by atoms with E-state index < -0.39 is 0 Å². The summed E-state index contributed by atoms with van der Waals surface area (Å²) in [6.45, 7) is 6.41. The standard InChI is InChI=1S/C13H19N3OS/c1-3-15-6-7-16-11-8-10(14)4-5-12(11)18-9(2)13(16)17/h4-5,8-9,15H,3,6-7,14H2,1-2H3. The Morgan fingerprint density at radius 2 is 2.28 bits per heavy atom. The number of amides is 1. The number of rotatable bonds is 4. The highest BCUT2D eigenvalue weighted by Crippen LogP contribution is 2.39. The number of nitrogens with one attached hydrogen (secondary N) is 1. The molecule has 1 aromatic carbocycles. The first kappa shape index (κ1) is 13.2. The summed E-state index contributed by atoms with van der Waals surface area (Å²) in [4.78, 5) is 15.2. The Balaban J connectivity index is 2.26. The topological polar surface area (TPSA) is 58.4 Å². The van der Waals surface area contributed by atoms with Gasteiger partial charge in [-0.05, 0) is 31.7 Å². The second kappa shape index (κ2) is 5.63. The zero-order chi connectivity index (χ0) is 13.1. The van der Waals surface area contributed by atoms with Crippen molar-refractivity contribution in [3.63, 3.8) is 0 Å². The predicted molar refractivity (Wildman–Crippen MR) is 77.1 cm³/mol. The Morgan fingerprint density at radius 3 is 3.00 bits per heavy atom. The van der Waals surface area contributed by atoms with Crippen LogP contribution in [0.4, 0.5) is 11.4 Å². The molecule has 5 heteroatoms. The van der Waals surface area contributed by atoms with Crippen LogP contribution < -0.4 is 16.0 Å². The molecule has 0 radical (unpaired) electrons. The smallest absolute Gasteiger partial charge is 0.240 e. The zero-order valence-electron chi connectivity index (χ0n) is 10.8. The van der Waals surface area contributed by atoms with Gasteiger partial charge in [0, 0.05) is 23.7 Å². The number of fused-ring (bicyclic) bond motifs is 1. The van der Waals surface area contributed by atoms with Crippen LogP contribution >= 0.6 is 11.8 Å². The molecule has 0 fully saturated rings. The van der Waals surface area contributed by atoms with E-state index in [0.29, 0.717) is 12.2 Å². The molecule has 1 atom stereocenters. The number of carbonyl (C=O) groups is 1. The van der Waals surface area contributed by atoms with Crippen molar-refractivity contribution < 1.29 is 4.79 Å². The van der Waals surface area contributed by atoms with Crippen LogP contribution in [0.15, 0.2) is 23.1 Å². The maximum absolute atomic E-state index is 12.2. The van der Waals surface area contributed by atoms with Crippen molar-refractivity contribution in [2.75, 3.05) is 30.3 Å². The number of hydrogen-bond acceptors (Lipinski definition) is 4. The molecule has 0 aromatic heterocycles. The summed E-state index contributed by atoms with van der Waals surface area (Å²) in [6.07, 6.45) is 0. The van der Waals surface area contributed by atoms with E-state index in [4.69, 9.17) is 5.73 Å². The van der Waals surface area contributed by atoms with Gasteiger partial charge in [-0.2, -0.15) is 0 Å². The van der Waals surface area contributed by atoms with Gasteiger partial charge in [0.2, 0.25) is 5.91 Å². The van der Waals surface area contributed by atoms with Crippen molar-refractivity contribution in [3.8, 4) is 0 Å². The van der Waals surface area contributed by atoms with Crippen LogP contribution in [0.2, 0.25) is 0 Å². The number of carbonyl (C=O) groups excluding carboxylic acids is 1. The van der Waals surface area contributed by atoms with Crippen LogP contribution in [0.25, 0.3) is 0 Å². The van der Waals surface area contributed by atoms with Crippen molar-refractivity contribution in [2.45, 2.75) is 24.0 Å². The van der Waals surface area contributed by atoms with Crippen LogP contribution in [0.1, 0.15) is 13.8 Å². The molecule has 98 valence electrons. The summed E-state index contributed by atoms with van der Waals surface area (Å²) in [5, 5.41) is 3.22. The zero-order valence-corrected chi connectivity index (χ0v) is 11.6. The van der Waals surface area contributed by atoms with E-state index in [1.165, 1.54) is 0 Å². The van der Waals surface area contributed by atoms with E-state index in [1.807, 2.05) is 30.0 Å². The van der Waals surface area contributed by atoms with Crippen LogP contribution in [0, 0.1) is 0 Å². The summed E-state index contributed by atoms with van der Waals surface area (Å²) in [5.41, 5.74) is 7.46. The van der Waals surface area contributed by atoms with E-state index in [-0.39, 0.29) is 11.2 Å². The largest absolute Gasteiger partial charge is 0.399 e. The Hall–Kier alpha value is -1.20. The highest BCUT2D eigenvalue weighted by Gasteiger charge is 2.30. The fourth-order valence-corrected chi connectivity index (χ4v) is 3.07. The third-order valence-electron chi connectivity index (χ3n) is 2.95. The summed E-state index contributed by atoms with van der Waals surface area (Å²) in [5.74, 6) is 0.163. The number of nitrogen functional groups attached to an aromatic ring is 1. The number of nitrogens with zero attached hydrogens (tertiary/aromatic N) is 1. The summed E-state index contributed by atoms with van der Waals surface area (Å²) < 4.78 is 0. The summed E-state index contributed by atoms with van der Waals surface area (Å²) in [7, 11) is 0. The number of likely N-dealkylation sites (N-methyl/N-ethyl adjacent to an activating group) is 1. The van der Waals surface area contributed by atoms with Crippen LogP contribution in [0.3, 0.4) is 0 Å². The Bertz CT molecular complexity index is 450. The number of thioether (sulfide) groups is 1. The summed E-state index contributed by atoms with van der Waals surface area (Å²) >= 11 is 1.60. The van der Waals surface area contributed by atoms with E-state index in [1.54, 1.807) is 11.8 Å². The molecule has 1 aliphatic rings. The first-order valence-corrected chi connectivity index (χ1v) is 7.09. The van der Waals surface area contributed by atoms with Gasteiger partial charge >= 0.3 is 0 Å². The SMILES string of the molecule is CCNCCN1C(=O)C(C)Sc2ccc(N)cc21. The van der Waals surface area contributed by atoms with E-state index in [9.17, 15) is 4.79 Å². The van der Waals surface area contributed by atoms with Crippen molar-refractivity contribution in [2.24, 2.45) is 0 Å². The minimum atomic E-state index is -0.0252. The second-order valence-electron chi connectivity index (χ2n) is 4.33. The van der Waals surface area contributed by atoms with Crippen molar-refractivity contribution in [1.29, 1.82) is 0 Å². The highest BCUT2D eigenvalue weighted by atomic mass is 32.2. The van der Waals surface area contributed by atoms with Crippen molar-refractivity contribution in [3.05, 3.63) is 18.2 Å². The molecule has 1 unspecified atom stereocenters. The van der Waals surface area contributed by atoms with Gasteiger partial charge in [-0.3, -0.25) is 4.79 Å². The minimum Gasteiger partial charge on any atom is -0.399 e. The fraction of sp³-hybridized carbons (Fsp3) is 0.462. The first-order valence-electron chi connectivity index (χ1n) is 6.21. The third-order valence-corrected chi connectivity index (χ3v) is 4.11. The predicted octanol–water partition coefficient (Wildman–Crippen LogP) is 1.71. The molecule has 1 aliphatic heterocycles. The van der Waals surface area contributed by atoms with Gasteiger partial charge in [-0.1, -0.05) is 6.92 Å². The van der Waals surface area contributed by atoms with E-state index in [0.717, 1.165) is 23.7 Å². The molecule has 1 amide bonds. The molecule has 1 heterocycles. The van der Waals surface area contributed by atoms with Gasteiger partial charge in [0.15, 0.2) is 0 Å². The van der Waals surface area contributed by atoms with Gasteiger partial charge in [0.05, 0.1) is 10.9 Å². The lowest BCUT2D eigenvalue weighted by molar-refractivity contribution is -0.118. The Labute approximate surface area is 112 Å². The molecular formula is C13H19N3OS. The lowest BCUT2D eigenvalue weighted by Crippen LogP contribution is -2.43. The molecule has 0 spiro atoms. The summed E-state index contributed by atoms with van der Waals surface area (Å²) in [6, 6.07) is 5.77. The lowest BCUT2D eigenvalue weighted by atomic mass is 10.2.